The lowest BCUT2D eigenvalue weighted by molar-refractivity contribution is -0.137. The Balaban J connectivity index is 1.76. The molecule has 0 radical (unpaired) electrons. The summed E-state index contributed by atoms with van der Waals surface area (Å²) < 4.78 is 49.0. The first kappa shape index (κ1) is 19.0. The van der Waals surface area contributed by atoms with Gasteiger partial charge in [-0.3, -0.25) is 4.90 Å². The maximum absolute atomic E-state index is 12.8. The minimum Gasteiger partial charge on any atom is -0.508 e. The minimum absolute atomic E-state index is 0.0549. The molecule has 1 atom stereocenters. The van der Waals surface area contributed by atoms with Crippen LogP contribution in [0.25, 0.3) is 0 Å². The average Bonchev–Trinajstić information content (AvgIpc) is 2.66. The summed E-state index contributed by atoms with van der Waals surface area (Å²) in [6, 6.07) is 11.1. The molecule has 0 aliphatic carbocycles. The molecule has 2 aromatic rings. The lowest BCUT2D eigenvalue weighted by Crippen LogP contribution is -2.43. The van der Waals surface area contributed by atoms with E-state index in [0.717, 1.165) is 17.7 Å². The van der Waals surface area contributed by atoms with Crippen molar-refractivity contribution in [3.8, 4) is 5.75 Å². The Morgan fingerprint density at radius 3 is 2.63 bits per heavy atom. The van der Waals surface area contributed by atoms with Gasteiger partial charge in [0.25, 0.3) is 0 Å². The number of morpholine rings is 1. The minimum atomic E-state index is -4.56. The van der Waals surface area contributed by atoms with E-state index in [1.54, 1.807) is 0 Å². The third-order valence-corrected chi connectivity index (χ3v) is 4.28. The van der Waals surface area contributed by atoms with Gasteiger partial charge in [0.1, 0.15) is 12.4 Å². The summed E-state index contributed by atoms with van der Waals surface area (Å²) >= 11 is 0. The molecule has 1 fully saturated rings. The van der Waals surface area contributed by atoms with E-state index in [1.165, 1.54) is 4.90 Å². The van der Waals surface area contributed by atoms with E-state index in [-0.39, 0.29) is 31.9 Å². The highest BCUT2D eigenvalue weighted by Gasteiger charge is 2.35. The molecule has 1 N–H and O–H groups in total. The quantitative estimate of drug-likeness (QED) is 0.869. The molecule has 0 spiro atoms. The van der Waals surface area contributed by atoms with E-state index in [2.05, 4.69) is 0 Å². The summed E-state index contributed by atoms with van der Waals surface area (Å²) in [4.78, 5) is 13.8. The van der Waals surface area contributed by atoms with Crippen molar-refractivity contribution in [1.82, 2.24) is 4.90 Å². The Hall–Kier alpha value is -2.74. The van der Waals surface area contributed by atoms with Gasteiger partial charge in [-0.1, -0.05) is 36.4 Å². The molecular weight excluding hydrogens is 363 g/mol. The van der Waals surface area contributed by atoms with E-state index in [0.29, 0.717) is 6.07 Å². The fraction of sp³-hybridized carbons (Fsp3) is 0.316. The molecule has 3 rings (SSSR count). The van der Waals surface area contributed by atoms with Gasteiger partial charge in [0.15, 0.2) is 0 Å². The van der Waals surface area contributed by atoms with E-state index in [1.807, 2.05) is 30.3 Å². The van der Waals surface area contributed by atoms with Gasteiger partial charge < -0.3 is 14.6 Å². The molecule has 0 bridgehead atoms. The fourth-order valence-corrected chi connectivity index (χ4v) is 2.88. The molecule has 1 unspecified atom stereocenters. The van der Waals surface area contributed by atoms with Crippen LogP contribution in [0.4, 0.5) is 18.0 Å². The van der Waals surface area contributed by atoms with E-state index in [4.69, 9.17) is 9.47 Å². The number of carbonyl (C=O) groups excluding carboxylic acids is 1. The standard InChI is InChI=1S/C19H18F3NO4/c20-19(21,22)14-6-7-15(17(24)10-14)16-12-26-9-8-23(16)18(25)27-11-13-4-2-1-3-5-13/h1-7,10,16,24H,8-9,11-12H2. The van der Waals surface area contributed by atoms with Crippen molar-refractivity contribution in [2.24, 2.45) is 0 Å². The number of alkyl halides is 3. The van der Waals surface area contributed by atoms with Gasteiger partial charge in [-0.05, 0) is 17.7 Å². The first-order valence-electron chi connectivity index (χ1n) is 8.31. The first-order chi connectivity index (χ1) is 12.9. The van der Waals surface area contributed by atoms with Crippen LogP contribution in [0.2, 0.25) is 0 Å². The predicted molar refractivity (Wildman–Crippen MR) is 90.0 cm³/mol. The van der Waals surface area contributed by atoms with Gasteiger partial charge in [0.05, 0.1) is 24.8 Å². The topological polar surface area (TPSA) is 59.0 Å². The second kappa shape index (κ2) is 7.87. The number of phenolic OH excluding ortho intramolecular Hbond substituents is 1. The van der Waals surface area contributed by atoms with Gasteiger partial charge >= 0.3 is 12.3 Å². The number of hydrogen-bond donors (Lipinski definition) is 1. The normalized spacial score (nSPS) is 17.6. The van der Waals surface area contributed by atoms with E-state index >= 15 is 0 Å². The van der Waals surface area contributed by atoms with Gasteiger partial charge in [0.2, 0.25) is 0 Å². The van der Waals surface area contributed by atoms with Crippen LogP contribution in [0.5, 0.6) is 5.75 Å². The van der Waals surface area contributed by atoms with Crippen molar-refractivity contribution < 1.29 is 32.5 Å². The number of rotatable bonds is 3. The molecule has 0 saturated carbocycles. The number of ether oxygens (including phenoxy) is 2. The molecule has 144 valence electrons. The Morgan fingerprint density at radius 2 is 1.96 bits per heavy atom. The smallest absolute Gasteiger partial charge is 0.416 e. The largest absolute Gasteiger partial charge is 0.508 e. The summed E-state index contributed by atoms with van der Waals surface area (Å²) in [5.41, 5.74) is 0.0334. The second-order valence-corrected chi connectivity index (χ2v) is 6.10. The van der Waals surface area contributed by atoms with Crippen LogP contribution in [0.3, 0.4) is 0 Å². The molecule has 1 aliphatic heterocycles. The number of phenols is 1. The van der Waals surface area contributed by atoms with E-state index in [9.17, 15) is 23.1 Å². The molecule has 27 heavy (non-hydrogen) atoms. The second-order valence-electron chi connectivity index (χ2n) is 6.10. The van der Waals surface area contributed by atoms with Crippen molar-refractivity contribution in [3.05, 3.63) is 65.2 Å². The van der Waals surface area contributed by atoms with E-state index < -0.39 is 29.6 Å². The monoisotopic (exact) mass is 381 g/mol. The lowest BCUT2D eigenvalue weighted by atomic mass is 10.0. The zero-order valence-corrected chi connectivity index (χ0v) is 14.3. The third-order valence-electron chi connectivity index (χ3n) is 4.28. The summed E-state index contributed by atoms with van der Waals surface area (Å²) in [6.07, 6.45) is -5.18. The highest BCUT2D eigenvalue weighted by molar-refractivity contribution is 5.69. The third kappa shape index (κ3) is 4.51. The summed E-state index contributed by atoms with van der Waals surface area (Å²) in [7, 11) is 0. The summed E-state index contributed by atoms with van der Waals surface area (Å²) in [5, 5.41) is 10.1. The van der Waals surface area contributed by atoms with Crippen LogP contribution >= 0.6 is 0 Å². The summed E-state index contributed by atoms with van der Waals surface area (Å²) in [5.74, 6) is -0.541. The molecule has 1 heterocycles. The SMILES string of the molecule is O=C(OCc1ccccc1)N1CCOCC1c1ccc(C(F)(F)F)cc1O. The van der Waals surface area contributed by atoms with Crippen molar-refractivity contribution in [2.75, 3.05) is 19.8 Å². The van der Waals surface area contributed by atoms with Crippen molar-refractivity contribution in [3.63, 3.8) is 0 Å². The molecular formula is C19H18F3NO4. The molecule has 1 saturated heterocycles. The number of carbonyl (C=O) groups is 1. The van der Waals surface area contributed by atoms with Crippen molar-refractivity contribution >= 4 is 6.09 Å². The van der Waals surface area contributed by atoms with Crippen LogP contribution in [0.1, 0.15) is 22.7 Å². The van der Waals surface area contributed by atoms with Crippen LogP contribution in [-0.2, 0) is 22.3 Å². The van der Waals surface area contributed by atoms with Gasteiger partial charge in [-0.25, -0.2) is 4.79 Å². The highest BCUT2D eigenvalue weighted by atomic mass is 19.4. The van der Waals surface area contributed by atoms with Crippen molar-refractivity contribution in [1.29, 1.82) is 0 Å². The zero-order chi connectivity index (χ0) is 19.4. The molecule has 1 aliphatic rings. The fourth-order valence-electron chi connectivity index (χ4n) is 2.88. The number of nitrogens with zero attached hydrogens (tertiary/aromatic N) is 1. The Bertz CT molecular complexity index is 795. The number of halogens is 3. The number of amides is 1. The van der Waals surface area contributed by atoms with Crippen LogP contribution in [0, 0.1) is 0 Å². The predicted octanol–water partition coefficient (Wildman–Crippen LogP) is 4.12. The Kier molecular flexibility index (Phi) is 5.55. The molecule has 8 heteroatoms. The number of hydrogen-bond acceptors (Lipinski definition) is 4. The molecule has 1 amide bonds. The lowest BCUT2D eigenvalue weighted by Gasteiger charge is -2.35. The molecule has 5 nitrogen and oxygen atoms in total. The highest BCUT2D eigenvalue weighted by Crippen LogP contribution is 2.37. The number of aromatic hydroxyl groups is 1. The van der Waals surface area contributed by atoms with Gasteiger partial charge in [-0.15, -0.1) is 0 Å². The average molecular weight is 381 g/mol. The van der Waals surface area contributed by atoms with Gasteiger partial charge in [-0.2, -0.15) is 13.2 Å². The molecule has 2 aromatic carbocycles. The maximum atomic E-state index is 12.8. The first-order valence-corrected chi connectivity index (χ1v) is 8.31. The van der Waals surface area contributed by atoms with Crippen LogP contribution < -0.4 is 0 Å². The Labute approximate surface area is 153 Å². The zero-order valence-electron chi connectivity index (χ0n) is 14.3. The Morgan fingerprint density at radius 1 is 1.22 bits per heavy atom. The summed E-state index contributed by atoms with van der Waals surface area (Å²) in [6.45, 7) is 0.610. The molecule has 0 aromatic heterocycles. The van der Waals surface area contributed by atoms with Gasteiger partial charge in [0, 0.05) is 12.1 Å². The van der Waals surface area contributed by atoms with Crippen LogP contribution in [0.15, 0.2) is 48.5 Å². The number of benzene rings is 2. The maximum Gasteiger partial charge on any atom is 0.416 e. The van der Waals surface area contributed by atoms with Crippen molar-refractivity contribution in [2.45, 2.75) is 18.8 Å². The van der Waals surface area contributed by atoms with Crippen LogP contribution in [-0.4, -0.2) is 35.9 Å².